The number of carbonyl (C=O) groups is 2. The zero-order chi connectivity index (χ0) is 15.4. The maximum atomic E-state index is 12.5. The van der Waals surface area contributed by atoms with Crippen LogP contribution in [-0.4, -0.2) is 41.8 Å². The summed E-state index contributed by atoms with van der Waals surface area (Å²) >= 11 is 0. The fourth-order valence-corrected chi connectivity index (χ4v) is 2.64. The maximum absolute atomic E-state index is 12.5. The van der Waals surface area contributed by atoms with Gasteiger partial charge in [0, 0.05) is 26.6 Å². The molecule has 5 heteroatoms. The Bertz CT molecular complexity index is 535. The van der Waals surface area contributed by atoms with Crippen molar-refractivity contribution < 1.29 is 14.0 Å². The van der Waals surface area contributed by atoms with Crippen LogP contribution in [0.1, 0.15) is 24.4 Å². The third-order valence-corrected chi connectivity index (χ3v) is 3.76. The molecule has 1 unspecified atom stereocenters. The van der Waals surface area contributed by atoms with E-state index in [1.165, 1.54) is 0 Å². The molecule has 5 nitrogen and oxygen atoms in total. The predicted molar refractivity (Wildman–Crippen MR) is 79.4 cm³/mol. The van der Waals surface area contributed by atoms with E-state index in [1.807, 2.05) is 19.1 Å². The van der Waals surface area contributed by atoms with E-state index in [-0.39, 0.29) is 17.7 Å². The number of furan rings is 1. The van der Waals surface area contributed by atoms with E-state index in [4.69, 9.17) is 4.42 Å². The zero-order valence-electron chi connectivity index (χ0n) is 12.7. The van der Waals surface area contributed by atoms with Gasteiger partial charge in [-0.1, -0.05) is 6.08 Å². The van der Waals surface area contributed by atoms with Crippen LogP contribution in [-0.2, 0) is 16.1 Å². The van der Waals surface area contributed by atoms with Gasteiger partial charge in [-0.15, -0.1) is 6.58 Å². The molecule has 1 aromatic rings. The highest BCUT2D eigenvalue weighted by atomic mass is 16.3. The molecule has 21 heavy (non-hydrogen) atoms. The summed E-state index contributed by atoms with van der Waals surface area (Å²) in [6.45, 7) is 6.97. The Hall–Kier alpha value is -2.04. The average Bonchev–Trinajstić information content (AvgIpc) is 2.86. The van der Waals surface area contributed by atoms with E-state index < -0.39 is 0 Å². The van der Waals surface area contributed by atoms with Crippen molar-refractivity contribution in [2.75, 3.05) is 20.1 Å². The second-order valence-electron chi connectivity index (χ2n) is 5.53. The fraction of sp³-hybridized carbons (Fsp3) is 0.500. The van der Waals surface area contributed by atoms with Gasteiger partial charge < -0.3 is 14.2 Å². The molecule has 1 saturated heterocycles. The fourth-order valence-electron chi connectivity index (χ4n) is 2.64. The van der Waals surface area contributed by atoms with E-state index in [9.17, 15) is 9.59 Å². The molecule has 2 rings (SSSR count). The Morgan fingerprint density at radius 3 is 2.95 bits per heavy atom. The molecule has 2 heterocycles. The van der Waals surface area contributed by atoms with Crippen molar-refractivity contribution in [3.05, 3.63) is 36.3 Å². The highest BCUT2D eigenvalue weighted by Gasteiger charge is 2.31. The van der Waals surface area contributed by atoms with Gasteiger partial charge in [0.2, 0.25) is 11.8 Å². The monoisotopic (exact) mass is 290 g/mol. The lowest BCUT2D eigenvalue weighted by Gasteiger charge is -2.33. The van der Waals surface area contributed by atoms with Crippen molar-refractivity contribution in [3.8, 4) is 0 Å². The van der Waals surface area contributed by atoms with Crippen LogP contribution in [0.15, 0.2) is 29.2 Å². The number of likely N-dealkylation sites (tertiary alicyclic amines) is 1. The lowest BCUT2D eigenvalue weighted by Crippen LogP contribution is -2.46. The van der Waals surface area contributed by atoms with Crippen molar-refractivity contribution in [2.45, 2.75) is 26.3 Å². The standard InChI is InChI=1S/C16H22N2O3/c1-4-9-18-10-13(6-8-15(18)19)16(20)17(3)11-14-7-5-12(2)21-14/h4-5,7,13H,1,6,8-11H2,2-3H3. The van der Waals surface area contributed by atoms with E-state index in [0.29, 0.717) is 32.5 Å². The van der Waals surface area contributed by atoms with Crippen LogP contribution in [0.4, 0.5) is 0 Å². The number of aryl methyl sites for hydroxylation is 1. The molecular weight excluding hydrogens is 268 g/mol. The normalized spacial score (nSPS) is 18.7. The largest absolute Gasteiger partial charge is 0.464 e. The smallest absolute Gasteiger partial charge is 0.227 e. The quantitative estimate of drug-likeness (QED) is 0.779. The number of carbonyl (C=O) groups excluding carboxylic acids is 2. The van der Waals surface area contributed by atoms with E-state index in [1.54, 1.807) is 22.9 Å². The van der Waals surface area contributed by atoms with Crippen LogP contribution >= 0.6 is 0 Å². The summed E-state index contributed by atoms with van der Waals surface area (Å²) in [4.78, 5) is 27.6. The van der Waals surface area contributed by atoms with Crippen LogP contribution in [0.3, 0.4) is 0 Å². The summed E-state index contributed by atoms with van der Waals surface area (Å²) in [6.07, 6.45) is 2.74. The molecular formula is C16H22N2O3. The van der Waals surface area contributed by atoms with Crippen molar-refractivity contribution in [3.63, 3.8) is 0 Å². The highest BCUT2D eigenvalue weighted by molar-refractivity contribution is 5.83. The molecule has 1 atom stereocenters. The molecule has 0 radical (unpaired) electrons. The van der Waals surface area contributed by atoms with E-state index in [0.717, 1.165) is 11.5 Å². The molecule has 114 valence electrons. The second-order valence-corrected chi connectivity index (χ2v) is 5.53. The third-order valence-electron chi connectivity index (χ3n) is 3.76. The Kier molecular flexibility index (Phi) is 4.83. The number of piperidine rings is 1. The van der Waals surface area contributed by atoms with Crippen LogP contribution in [0.2, 0.25) is 0 Å². The Balaban J connectivity index is 1.95. The van der Waals surface area contributed by atoms with Crippen LogP contribution in [0.5, 0.6) is 0 Å². The molecule has 1 aromatic heterocycles. The van der Waals surface area contributed by atoms with E-state index >= 15 is 0 Å². The summed E-state index contributed by atoms with van der Waals surface area (Å²) < 4.78 is 5.50. The van der Waals surface area contributed by atoms with Gasteiger partial charge in [0.15, 0.2) is 0 Å². The molecule has 1 aliphatic heterocycles. The minimum Gasteiger partial charge on any atom is -0.464 e. The Labute approximate surface area is 125 Å². The lowest BCUT2D eigenvalue weighted by molar-refractivity contribution is -0.142. The van der Waals surface area contributed by atoms with Gasteiger partial charge in [-0.25, -0.2) is 0 Å². The molecule has 0 N–H and O–H groups in total. The van der Waals surface area contributed by atoms with Gasteiger partial charge >= 0.3 is 0 Å². The zero-order valence-corrected chi connectivity index (χ0v) is 12.7. The molecule has 2 amide bonds. The van der Waals surface area contributed by atoms with Gasteiger partial charge in [-0.05, 0) is 25.5 Å². The summed E-state index contributed by atoms with van der Waals surface area (Å²) in [7, 11) is 1.77. The van der Waals surface area contributed by atoms with E-state index in [2.05, 4.69) is 6.58 Å². The molecule has 0 aliphatic carbocycles. The number of hydrogen-bond donors (Lipinski definition) is 0. The minimum absolute atomic E-state index is 0.0608. The molecule has 0 bridgehead atoms. The highest BCUT2D eigenvalue weighted by Crippen LogP contribution is 2.20. The van der Waals surface area contributed by atoms with Gasteiger partial charge in [-0.2, -0.15) is 0 Å². The first-order chi connectivity index (χ1) is 10.0. The van der Waals surface area contributed by atoms with Gasteiger partial charge in [-0.3, -0.25) is 9.59 Å². The number of hydrogen-bond acceptors (Lipinski definition) is 3. The van der Waals surface area contributed by atoms with Crippen LogP contribution in [0, 0.1) is 12.8 Å². The molecule has 0 saturated carbocycles. The summed E-state index contributed by atoms with van der Waals surface area (Å²) in [6, 6.07) is 3.77. The molecule has 1 aliphatic rings. The summed E-state index contributed by atoms with van der Waals surface area (Å²) in [5.74, 6) is 1.64. The topological polar surface area (TPSA) is 53.8 Å². The van der Waals surface area contributed by atoms with Crippen molar-refractivity contribution in [2.24, 2.45) is 5.92 Å². The molecule has 1 fully saturated rings. The van der Waals surface area contributed by atoms with Crippen LogP contribution < -0.4 is 0 Å². The maximum Gasteiger partial charge on any atom is 0.227 e. The SMILES string of the molecule is C=CCN1CC(C(=O)N(C)Cc2ccc(C)o2)CCC1=O. The van der Waals surface area contributed by atoms with Crippen molar-refractivity contribution in [1.82, 2.24) is 9.80 Å². The van der Waals surface area contributed by atoms with Gasteiger partial charge in [0.1, 0.15) is 11.5 Å². The molecule has 0 aromatic carbocycles. The first-order valence-electron chi connectivity index (χ1n) is 7.20. The first kappa shape index (κ1) is 15.4. The predicted octanol–water partition coefficient (Wildman–Crippen LogP) is 1.97. The van der Waals surface area contributed by atoms with Gasteiger partial charge in [0.25, 0.3) is 0 Å². The number of nitrogens with zero attached hydrogens (tertiary/aromatic N) is 2. The first-order valence-corrected chi connectivity index (χ1v) is 7.20. The Morgan fingerprint density at radius 2 is 2.33 bits per heavy atom. The lowest BCUT2D eigenvalue weighted by atomic mass is 9.96. The Morgan fingerprint density at radius 1 is 1.57 bits per heavy atom. The third kappa shape index (κ3) is 3.74. The number of amides is 2. The minimum atomic E-state index is -0.135. The average molecular weight is 290 g/mol. The van der Waals surface area contributed by atoms with Crippen LogP contribution in [0.25, 0.3) is 0 Å². The van der Waals surface area contributed by atoms with Crippen molar-refractivity contribution >= 4 is 11.8 Å². The van der Waals surface area contributed by atoms with Crippen molar-refractivity contribution in [1.29, 1.82) is 0 Å². The molecule has 0 spiro atoms. The summed E-state index contributed by atoms with van der Waals surface area (Å²) in [5.41, 5.74) is 0. The summed E-state index contributed by atoms with van der Waals surface area (Å²) in [5, 5.41) is 0. The van der Waals surface area contributed by atoms with Gasteiger partial charge in [0.05, 0.1) is 12.5 Å². The second kappa shape index (κ2) is 6.61. The number of rotatable bonds is 5.